The lowest BCUT2D eigenvalue weighted by atomic mass is 10.1. The first-order chi connectivity index (χ1) is 12.6. The highest BCUT2D eigenvalue weighted by Crippen LogP contribution is 2.28. The van der Waals surface area contributed by atoms with Gasteiger partial charge in [0.15, 0.2) is 0 Å². The summed E-state index contributed by atoms with van der Waals surface area (Å²) in [7, 11) is 2.52. The molecule has 0 unspecified atom stereocenters. The summed E-state index contributed by atoms with van der Waals surface area (Å²) in [6, 6.07) is 7.47. The number of methoxy groups -OCH3 is 2. The Balaban J connectivity index is 2.08. The van der Waals surface area contributed by atoms with Crippen LogP contribution in [-0.2, 0) is 23.8 Å². The molecule has 0 N–H and O–H groups in total. The summed E-state index contributed by atoms with van der Waals surface area (Å²) in [6.07, 6.45) is 3.55. The molecule has 8 heteroatoms. The fourth-order valence-electron chi connectivity index (χ4n) is 2.81. The Hall–Kier alpha value is -3.13. The second kappa shape index (κ2) is 7.40. The lowest BCUT2D eigenvalue weighted by Gasteiger charge is -2.31. The Morgan fingerprint density at radius 2 is 1.88 bits per heavy atom. The molecule has 1 aromatic heterocycles. The number of imidazole rings is 1. The second-order valence-electron chi connectivity index (χ2n) is 5.58. The van der Waals surface area contributed by atoms with Gasteiger partial charge in [-0.1, -0.05) is 6.07 Å². The van der Waals surface area contributed by atoms with Gasteiger partial charge in [0.05, 0.1) is 26.4 Å². The average molecular weight is 357 g/mol. The monoisotopic (exact) mass is 357 g/mol. The number of aryl methyl sites for hydroxylation is 1. The molecule has 2 aromatic rings. The molecule has 0 fully saturated rings. The van der Waals surface area contributed by atoms with Crippen molar-refractivity contribution in [3.8, 4) is 5.69 Å². The minimum Gasteiger partial charge on any atom is -0.466 e. The summed E-state index contributed by atoms with van der Waals surface area (Å²) >= 11 is 0. The predicted molar refractivity (Wildman–Crippen MR) is 92.7 cm³/mol. The third kappa shape index (κ3) is 3.18. The van der Waals surface area contributed by atoms with Crippen LogP contribution in [0.3, 0.4) is 0 Å². The zero-order chi connectivity index (χ0) is 18.7. The molecule has 0 atom stereocenters. The minimum atomic E-state index is -0.628. The number of benzene rings is 1. The van der Waals surface area contributed by atoms with Crippen molar-refractivity contribution >= 4 is 17.6 Å². The van der Waals surface area contributed by atoms with Crippen molar-refractivity contribution in [1.29, 1.82) is 0 Å². The molecule has 8 nitrogen and oxygen atoms in total. The van der Waals surface area contributed by atoms with E-state index >= 15 is 0 Å². The molecule has 1 aliphatic heterocycles. The third-order valence-corrected chi connectivity index (χ3v) is 4.08. The summed E-state index contributed by atoms with van der Waals surface area (Å²) in [4.78, 5) is 30.2. The highest BCUT2D eigenvalue weighted by molar-refractivity contribution is 6.03. The van der Waals surface area contributed by atoms with Crippen molar-refractivity contribution in [2.45, 2.75) is 6.92 Å². The highest BCUT2D eigenvalue weighted by Gasteiger charge is 2.32. The van der Waals surface area contributed by atoms with Crippen LogP contribution in [0, 0.1) is 6.92 Å². The van der Waals surface area contributed by atoms with Crippen molar-refractivity contribution < 1.29 is 23.8 Å². The maximum atomic E-state index is 12.3. The van der Waals surface area contributed by atoms with Gasteiger partial charge in [0.1, 0.15) is 18.3 Å². The van der Waals surface area contributed by atoms with Gasteiger partial charge in [0.2, 0.25) is 0 Å². The Kier molecular flexibility index (Phi) is 5.04. The summed E-state index contributed by atoms with van der Waals surface area (Å²) in [5, 5.41) is 0. The molecular weight excluding hydrogens is 338 g/mol. The highest BCUT2D eigenvalue weighted by atomic mass is 16.5. The molecule has 1 aromatic carbocycles. The molecule has 136 valence electrons. The van der Waals surface area contributed by atoms with E-state index in [0.29, 0.717) is 5.69 Å². The molecule has 26 heavy (non-hydrogen) atoms. The van der Waals surface area contributed by atoms with Gasteiger partial charge in [-0.3, -0.25) is 0 Å². The van der Waals surface area contributed by atoms with Crippen molar-refractivity contribution in [3.63, 3.8) is 0 Å². The van der Waals surface area contributed by atoms with Crippen molar-refractivity contribution in [2.24, 2.45) is 0 Å². The molecule has 0 spiro atoms. The van der Waals surface area contributed by atoms with Crippen LogP contribution in [0.5, 0.6) is 0 Å². The standard InChI is InChI=1S/C18H19N3O5/c1-12-19-7-8-20(12)13-5-4-6-14(9-13)21-11-26-10-15(17(22)24-2)16(21)18(23)25-3/h4-9H,10-11H2,1-3H3. The predicted octanol–water partition coefficient (Wildman–Crippen LogP) is 1.57. The molecule has 1 aliphatic rings. The first-order valence-electron chi connectivity index (χ1n) is 7.92. The molecule has 3 rings (SSSR count). The van der Waals surface area contributed by atoms with E-state index < -0.39 is 11.9 Å². The SMILES string of the molecule is COC(=O)C1=C(C(=O)OC)N(c2cccc(-n3ccnc3C)c2)COC1. The Labute approximate surface area is 150 Å². The third-order valence-electron chi connectivity index (χ3n) is 4.08. The number of aromatic nitrogens is 2. The van der Waals surface area contributed by atoms with Crippen LogP contribution in [0.15, 0.2) is 47.9 Å². The fraction of sp³-hybridized carbons (Fsp3) is 0.278. The second-order valence-corrected chi connectivity index (χ2v) is 5.58. The number of hydrogen-bond donors (Lipinski definition) is 0. The molecule has 0 aliphatic carbocycles. The number of anilines is 1. The topological polar surface area (TPSA) is 82.9 Å². The fourth-order valence-corrected chi connectivity index (χ4v) is 2.81. The molecule has 0 saturated carbocycles. The summed E-state index contributed by atoms with van der Waals surface area (Å²) in [6.45, 7) is 1.98. The number of ether oxygens (including phenoxy) is 3. The molecule has 0 bridgehead atoms. The smallest absolute Gasteiger partial charge is 0.355 e. The molecule has 2 heterocycles. The number of nitrogens with zero attached hydrogens (tertiary/aromatic N) is 3. The Morgan fingerprint density at radius 3 is 2.54 bits per heavy atom. The van der Waals surface area contributed by atoms with Gasteiger partial charge in [0, 0.05) is 23.8 Å². The average Bonchev–Trinajstić information content (AvgIpc) is 3.12. The number of hydrogen-bond acceptors (Lipinski definition) is 7. The van der Waals surface area contributed by atoms with Gasteiger partial charge in [-0.15, -0.1) is 0 Å². The lowest BCUT2D eigenvalue weighted by Crippen LogP contribution is -2.38. The van der Waals surface area contributed by atoms with Crippen LogP contribution in [0.2, 0.25) is 0 Å². The van der Waals surface area contributed by atoms with E-state index in [-0.39, 0.29) is 24.6 Å². The van der Waals surface area contributed by atoms with Crippen LogP contribution >= 0.6 is 0 Å². The Morgan fingerprint density at radius 1 is 1.15 bits per heavy atom. The van der Waals surface area contributed by atoms with E-state index in [1.54, 1.807) is 11.1 Å². The maximum Gasteiger partial charge on any atom is 0.355 e. The van der Waals surface area contributed by atoms with E-state index in [1.165, 1.54) is 14.2 Å². The normalized spacial score (nSPS) is 14.3. The number of carbonyl (C=O) groups excluding carboxylic acids is 2. The lowest BCUT2D eigenvalue weighted by molar-refractivity contribution is -0.140. The number of esters is 2. The van der Waals surface area contributed by atoms with Gasteiger partial charge in [-0.05, 0) is 25.1 Å². The maximum absolute atomic E-state index is 12.3. The van der Waals surface area contributed by atoms with Crippen LogP contribution in [0.1, 0.15) is 5.82 Å². The summed E-state index contributed by atoms with van der Waals surface area (Å²) < 4.78 is 17.0. The van der Waals surface area contributed by atoms with Crippen LogP contribution in [-0.4, -0.2) is 49.0 Å². The molecule has 0 amide bonds. The molecular formula is C18H19N3O5. The zero-order valence-electron chi connectivity index (χ0n) is 14.8. The first kappa shape index (κ1) is 17.7. The van der Waals surface area contributed by atoms with E-state index in [9.17, 15) is 9.59 Å². The van der Waals surface area contributed by atoms with Gasteiger partial charge < -0.3 is 23.7 Å². The molecule has 0 radical (unpaired) electrons. The molecule has 0 saturated heterocycles. The summed E-state index contributed by atoms with van der Waals surface area (Å²) in [5.41, 5.74) is 1.78. The quantitative estimate of drug-likeness (QED) is 0.768. The van der Waals surface area contributed by atoms with Crippen molar-refractivity contribution in [3.05, 3.63) is 53.8 Å². The van der Waals surface area contributed by atoms with Gasteiger partial charge >= 0.3 is 11.9 Å². The van der Waals surface area contributed by atoms with Gasteiger partial charge in [0.25, 0.3) is 0 Å². The van der Waals surface area contributed by atoms with Crippen LogP contribution in [0.25, 0.3) is 5.69 Å². The van der Waals surface area contributed by atoms with Gasteiger partial charge in [-0.2, -0.15) is 0 Å². The first-order valence-corrected chi connectivity index (χ1v) is 7.92. The largest absolute Gasteiger partial charge is 0.466 e. The number of carbonyl (C=O) groups is 2. The zero-order valence-corrected chi connectivity index (χ0v) is 14.8. The van der Waals surface area contributed by atoms with Crippen LogP contribution in [0.4, 0.5) is 5.69 Å². The Bertz CT molecular complexity index is 871. The van der Waals surface area contributed by atoms with Gasteiger partial charge in [-0.25, -0.2) is 14.6 Å². The van der Waals surface area contributed by atoms with Crippen molar-refractivity contribution in [1.82, 2.24) is 9.55 Å². The van der Waals surface area contributed by atoms with E-state index in [1.807, 2.05) is 42.0 Å². The van der Waals surface area contributed by atoms with Crippen molar-refractivity contribution in [2.75, 3.05) is 32.5 Å². The number of rotatable bonds is 4. The minimum absolute atomic E-state index is 0.0199. The van der Waals surface area contributed by atoms with E-state index in [0.717, 1.165) is 11.5 Å². The van der Waals surface area contributed by atoms with Crippen LogP contribution < -0.4 is 4.90 Å². The summed E-state index contributed by atoms with van der Waals surface area (Å²) in [5.74, 6) is -0.425. The van der Waals surface area contributed by atoms with E-state index in [4.69, 9.17) is 14.2 Å². The van der Waals surface area contributed by atoms with E-state index in [2.05, 4.69) is 4.98 Å².